The molecule has 0 spiro atoms. The minimum atomic E-state index is -3.53. The van der Waals surface area contributed by atoms with Gasteiger partial charge < -0.3 is 4.90 Å². The summed E-state index contributed by atoms with van der Waals surface area (Å²) in [4.78, 5) is 2.38. The van der Waals surface area contributed by atoms with E-state index < -0.39 is 10.0 Å². The fourth-order valence-corrected chi connectivity index (χ4v) is 4.80. The third-order valence-electron chi connectivity index (χ3n) is 4.39. The Hall–Kier alpha value is -2.00. The third-order valence-corrected chi connectivity index (χ3v) is 6.54. The van der Waals surface area contributed by atoms with E-state index in [4.69, 9.17) is 0 Å². The predicted molar refractivity (Wildman–Crippen MR) is 90.4 cm³/mol. The maximum absolute atomic E-state index is 13.0. The molecule has 24 heavy (non-hydrogen) atoms. The zero-order valence-corrected chi connectivity index (χ0v) is 15.2. The first-order valence-electron chi connectivity index (χ1n) is 7.86. The molecule has 1 aliphatic rings. The molecule has 8 nitrogen and oxygen atoms in total. The fraction of sp³-hybridized carbons (Fsp3) is 0.533. The van der Waals surface area contributed by atoms with Crippen LogP contribution < -0.4 is 4.90 Å². The smallest absolute Gasteiger partial charge is 0.246 e. The summed E-state index contributed by atoms with van der Waals surface area (Å²) in [5.41, 5.74) is 2.07. The van der Waals surface area contributed by atoms with Gasteiger partial charge in [-0.2, -0.15) is 14.5 Å². The Morgan fingerprint density at radius 1 is 1.00 bits per heavy atom. The van der Waals surface area contributed by atoms with Crippen molar-refractivity contribution in [2.75, 3.05) is 31.1 Å². The Balaban J connectivity index is 1.77. The second-order valence-corrected chi connectivity index (χ2v) is 7.92. The molecule has 0 atom stereocenters. The largest absolute Gasteiger partial charge is 0.352 e. The molecule has 0 amide bonds. The molecule has 3 rings (SSSR count). The molecule has 0 bridgehead atoms. The number of rotatable bonds is 3. The molecule has 3 heterocycles. The lowest BCUT2D eigenvalue weighted by molar-refractivity contribution is 0.383. The SMILES string of the molecule is Cc1ccc(N2CCN(S(=O)(=O)c3c(C)nn(C)c3C)CC2)nn1. The number of hydrogen-bond donors (Lipinski definition) is 0. The van der Waals surface area contributed by atoms with Crippen molar-refractivity contribution in [3.8, 4) is 0 Å². The van der Waals surface area contributed by atoms with Crippen LogP contribution in [0.3, 0.4) is 0 Å². The van der Waals surface area contributed by atoms with E-state index in [1.807, 2.05) is 19.1 Å². The van der Waals surface area contributed by atoms with Gasteiger partial charge in [0.05, 0.1) is 17.1 Å². The molecule has 0 aliphatic carbocycles. The van der Waals surface area contributed by atoms with Crippen LogP contribution in [-0.4, -0.2) is 58.9 Å². The van der Waals surface area contributed by atoms with Crippen LogP contribution in [0.2, 0.25) is 0 Å². The summed E-state index contributed by atoms with van der Waals surface area (Å²) in [6.45, 7) is 7.44. The molecule has 130 valence electrons. The summed E-state index contributed by atoms with van der Waals surface area (Å²) < 4.78 is 29.1. The lowest BCUT2D eigenvalue weighted by atomic mass is 10.3. The van der Waals surface area contributed by atoms with Gasteiger partial charge in [0.25, 0.3) is 0 Å². The highest BCUT2D eigenvalue weighted by atomic mass is 32.2. The van der Waals surface area contributed by atoms with Gasteiger partial charge in [-0.25, -0.2) is 8.42 Å². The average Bonchev–Trinajstić information content (AvgIpc) is 2.81. The molecule has 1 aliphatic heterocycles. The van der Waals surface area contributed by atoms with Crippen LogP contribution in [0, 0.1) is 20.8 Å². The van der Waals surface area contributed by atoms with Crippen LogP contribution in [0.1, 0.15) is 17.1 Å². The Kier molecular flexibility index (Phi) is 4.31. The summed E-state index contributed by atoms with van der Waals surface area (Å²) in [5.74, 6) is 0.784. The van der Waals surface area contributed by atoms with Gasteiger partial charge in [0, 0.05) is 33.2 Å². The quantitative estimate of drug-likeness (QED) is 0.808. The van der Waals surface area contributed by atoms with Crippen LogP contribution in [0.15, 0.2) is 17.0 Å². The number of aryl methyl sites for hydroxylation is 3. The van der Waals surface area contributed by atoms with E-state index >= 15 is 0 Å². The Labute approximate surface area is 142 Å². The minimum Gasteiger partial charge on any atom is -0.352 e. The molecule has 2 aromatic heterocycles. The molecular formula is C15H22N6O2S. The van der Waals surface area contributed by atoms with Crippen molar-refractivity contribution in [2.45, 2.75) is 25.7 Å². The lowest BCUT2D eigenvalue weighted by Crippen LogP contribution is -2.49. The Bertz CT molecular complexity index is 836. The maximum Gasteiger partial charge on any atom is 0.246 e. The van der Waals surface area contributed by atoms with Crippen molar-refractivity contribution in [1.29, 1.82) is 0 Å². The Morgan fingerprint density at radius 3 is 2.17 bits per heavy atom. The number of sulfonamides is 1. The monoisotopic (exact) mass is 350 g/mol. The molecule has 0 N–H and O–H groups in total. The topological polar surface area (TPSA) is 84.2 Å². The van der Waals surface area contributed by atoms with Crippen LogP contribution in [0.4, 0.5) is 5.82 Å². The van der Waals surface area contributed by atoms with Gasteiger partial charge in [-0.3, -0.25) is 4.68 Å². The van der Waals surface area contributed by atoms with Gasteiger partial charge in [-0.1, -0.05) is 0 Å². The van der Waals surface area contributed by atoms with E-state index in [1.54, 1.807) is 25.6 Å². The van der Waals surface area contributed by atoms with Crippen molar-refractivity contribution in [3.05, 3.63) is 29.2 Å². The third kappa shape index (κ3) is 2.89. The van der Waals surface area contributed by atoms with Gasteiger partial charge >= 0.3 is 0 Å². The van der Waals surface area contributed by atoms with Gasteiger partial charge in [-0.05, 0) is 32.9 Å². The molecule has 0 radical (unpaired) electrons. The summed E-state index contributed by atoms with van der Waals surface area (Å²) in [5, 5.41) is 12.5. The molecular weight excluding hydrogens is 328 g/mol. The number of aromatic nitrogens is 4. The zero-order chi connectivity index (χ0) is 17.5. The molecule has 0 saturated carbocycles. The van der Waals surface area contributed by atoms with Crippen LogP contribution >= 0.6 is 0 Å². The summed E-state index contributed by atoms with van der Waals surface area (Å²) in [6, 6.07) is 3.83. The second kappa shape index (κ2) is 6.14. The van der Waals surface area contributed by atoms with E-state index in [0.717, 1.165) is 11.5 Å². The van der Waals surface area contributed by atoms with E-state index in [2.05, 4.69) is 20.2 Å². The highest BCUT2D eigenvalue weighted by Crippen LogP contribution is 2.24. The second-order valence-electron chi connectivity index (χ2n) is 6.05. The van der Waals surface area contributed by atoms with Crippen LogP contribution in [0.25, 0.3) is 0 Å². The first kappa shape index (κ1) is 16.8. The molecule has 1 fully saturated rings. The van der Waals surface area contributed by atoms with Crippen LogP contribution in [0.5, 0.6) is 0 Å². The number of anilines is 1. The number of hydrogen-bond acceptors (Lipinski definition) is 6. The number of nitrogens with zero attached hydrogens (tertiary/aromatic N) is 6. The highest BCUT2D eigenvalue weighted by Gasteiger charge is 2.33. The lowest BCUT2D eigenvalue weighted by Gasteiger charge is -2.34. The Morgan fingerprint density at radius 2 is 1.67 bits per heavy atom. The van der Waals surface area contributed by atoms with E-state index in [-0.39, 0.29) is 0 Å². The minimum absolute atomic E-state index is 0.327. The maximum atomic E-state index is 13.0. The van der Waals surface area contributed by atoms with Crippen molar-refractivity contribution in [1.82, 2.24) is 24.3 Å². The van der Waals surface area contributed by atoms with Crippen molar-refractivity contribution in [3.63, 3.8) is 0 Å². The average molecular weight is 350 g/mol. The number of piperazine rings is 1. The molecule has 1 saturated heterocycles. The van der Waals surface area contributed by atoms with Crippen LogP contribution in [-0.2, 0) is 17.1 Å². The van der Waals surface area contributed by atoms with Gasteiger partial charge in [0.1, 0.15) is 4.90 Å². The molecule has 9 heteroatoms. The highest BCUT2D eigenvalue weighted by molar-refractivity contribution is 7.89. The van der Waals surface area contributed by atoms with Gasteiger partial charge in [0.2, 0.25) is 10.0 Å². The zero-order valence-electron chi connectivity index (χ0n) is 14.4. The first-order valence-corrected chi connectivity index (χ1v) is 9.30. The van der Waals surface area contributed by atoms with E-state index in [9.17, 15) is 8.42 Å². The standard InChI is InChI=1S/C15H22N6O2S/c1-11-5-6-14(17-16-11)20-7-9-21(10-8-20)24(22,23)15-12(2)18-19(4)13(15)3/h5-6H,7-10H2,1-4H3. The predicted octanol–water partition coefficient (Wildman–Crippen LogP) is 0.646. The summed E-state index contributed by atoms with van der Waals surface area (Å²) >= 11 is 0. The summed E-state index contributed by atoms with van der Waals surface area (Å²) in [6.07, 6.45) is 0. The molecule has 0 unspecified atom stereocenters. The normalized spacial score (nSPS) is 16.6. The van der Waals surface area contributed by atoms with Crippen molar-refractivity contribution in [2.24, 2.45) is 7.05 Å². The van der Waals surface area contributed by atoms with Crippen molar-refractivity contribution >= 4 is 15.8 Å². The van der Waals surface area contributed by atoms with E-state index in [0.29, 0.717) is 42.5 Å². The fourth-order valence-electron chi connectivity index (χ4n) is 2.97. The van der Waals surface area contributed by atoms with Gasteiger partial charge in [-0.15, -0.1) is 5.10 Å². The molecule has 2 aromatic rings. The van der Waals surface area contributed by atoms with Crippen molar-refractivity contribution < 1.29 is 8.42 Å². The van der Waals surface area contributed by atoms with Gasteiger partial charge in [0.15, 0.2) is 5.82 Å². The summed E-state index contributed by atoms with van der Waals surface area (Å²) in [7, 11) is -1.77. The molecule has 0 aromatic carbocycles. The first-order chi connectivity index (χ1) is 11.3. The van der Waals surface area contributed by atoms with E-state index in [1.165, 1.54) is 4.31 Å².